The zero-order valence-corrected chi connectivity index (χ0v) is 11.6. The average Bonchev–Trinajstić information content (AvgIpc) is 2.31. The fourth-order valence-corrected chi connectivity index (χ4v) is 1.42. The summed E-state index contributed by atoms with van der Waals surface area (Å²) >= 11 is 0. The fourth-order valence-electron chi connectivity index (χ4n) is 1.42. The highest BCUT2D eigenvalue weighted by atomic mass is 19.4. The molecule has 0 saturated carbocycles. The molecule has 0 fully saturated rings. The number of esters is 1. The van der Waals surface area contributed by atoms with E-state index >= 15 is 0 Å². The second-order valence-corrected chi connectivity index (χ2v) is 4.40. The van der Waals surface area contributed by atoms with Crippen LogP contribution in [-0.4, -0.2) is 44.0 Å². The molecule has 0 aromatic carbocycles. The minimum atomic E-state index is -4.35. The van der Waals surface area contributed by atoms with Crippen molar-refractivity contribution in [3.8, 4) is 0 Å². The van der Waals surface area contributed by atoms with E-state index < -0.39 is 24.3 Å². The van der Waals surface area contributed by atoms with Crippen LogP contribution < -0.4 is 5.32 Å². The Balaban J connectivity index is 4.30. The number of hydrogen-bond acceptors (Lipinski definition) is 4. The lowest BCUT2D eigenvalue weighted by molar-refractivity contribution is -0.175. The molecule has 0 bridgehead atoms. The van der Waals surface area contributed by atoms with Gasteiger partial charge in [-0.3, -0.25) is 4.79 Å². The molecule has 1 atom stereocenters. The van der Waals surface area contributed by atoms with E-state index in [0.717, 1.165) is 6.42 Å². The van der Waals surface area contributed by atoms with Crippen LogP contribution in [0.5, 0.6) is 0 Å². The SMILES string of the molecule is CCCNC(C)(CCOCC(F)(F)F)C(=O)OCC. The van der Waals surface area contributed by atoms with Gasteiger partial charge in [-0.05, 0) is 33.2 Å². The summed E-state index contributed by atoms with van der Waals surface area (Å²) in [7, 11) is 0. The summed E-state index contributed by atoms with van der Waals surface area (Å²) in [6.45, 7) is 4.56. The molecule has 0 saturated heterocycles. The minimum absolute atomic E-state index is 0.127. The van der Waals surface area contributed by atoms with Crippen molar-refractivity contribution in [2.75, 3.05) is 26.4 Å². The molecule has 0 amide bonds. The molecule has 0 aliphatic heterocycles. The summed E-state index contributed by atoms with van der Waals surface area (Å²) < 4.78 is 45.2. The molecule has 114 valence electrons. The van der Waals surface area contributed by atoms with E-state index in [1.807, 2.05) is 6.92 Å². The van der Waals surface area contributed by atoms with E-state index in [0.29, 0.717) is 6.54 Å². The van der Waals surface area contributed by atoms with Crippen LogP contribution in [0.15, 0.2) is 0 Å². The predicted octanol–water partition coefficient (Wildman–Crippen LogP) is 2.28. The van der Waals surface area contributed by atoms with Gasteiger partial charge in [0.2, 0.25) is 0 Å². The van der Waals surface area contributed by atoms with Crippen LogP contribution in [0.2, 0.25) is 0 Å². The van der Waals surface area contributed by atoms with Gasteiger partial charge in [0.1, 0.15) is 12.1 Å². The van der Waals surface area contributed by atoms with E-state index in [-0.39, 0.29) is 19.6 Å². The van der Waals surface area contributed by atoms with Gasteiger partial charge in [-0.1, -0.05) is 6.92 Å². The first-order valence-corrected chi connectivity index (χ1v) is 6.32. The van der Waals surface area contributed by atoms with Gasteiger partial charge in [-0.15, -0.1) is 0 Å². The van der Waals surface area contributed by atoms with Crippen LogP contribution in [0.3, 0.4) is 0 Å². The number of hydrogen-bond donors (Lipinski definition) is 1. The second-order valence-electron chi connectivity index (χ2n) is 4.40. The summed E-state index contributed by atoms with van der Waals surface area (Å²) in [5, 5.41) is 2.99. The van der Waals surface area contributed by atoms with Crippen molar-refractivity contribution in [3.63, 3.8) is 0 Å². The number of carbonyl (C=O) groups is 1. The number of ether oxygens (including phenoxy) is 2. The number of halogens is 3. The number of rotatable bonds is 9. The van der Waals surface area contributed by atoms with Gasteiger partial charge in [0.25, 0.3) is 0 Å². The van der Waals surface area contributed by atoms with Gasteiger partial charge >= 0.3 is 12.1 Å². The average molecular weight is 285 g/mol. The van der Waals surface area contributed by atoms with Crippen molar-refractivity contribution in [3.05, 3.63) is 0 Å². The van der Waals surface area contributed by atoms with E-state index in [1.54, 1.807) is 13.8 Å². The predicted molar refractivity (Wildman–Crippen MR) is 64.8 cm³/mol. The van der Waals surface area contributed by atoms with Crippen LogP contribution in [-0.2, 0) is 14.3 Å². The van der Waals surface area contributed by atoms with Gasteiger partial charge in [0.05, 0.1) is 6.61 Å². The summed E-state index contributed by atoms with van der Waals surface area (Å²) in [6.07, 6.45) is -3.42. The molecule has 7 heteroatoms. The highest BCUT2D eigenvalue weighted by Crippen LogP contribution is 2.17. The van der Waals surface area contributed by atoms with E-state index in [2.05, 4.69) is 10.1 Å². The van der Waals surface area contributed by atoms with E-state index in [4.69, 9.17) is 4.74 Å². The Morgan fingerprint density at radius 3 is 2.37 bits per heavy atom. The molecule has 1 N–H and O–H groups in total. The Bertz CT molecular complexity index is 271. The number of nitrogens with one attached hydrogen (secondary N) is 1. The Hall–Kier alpha value is -0.820. The van der Waals surface area contributed by atoms with Crippen molar-refractivity contribution in [1.29, 1.82) is 0 Å². The maximum absolute atomic E-state index is 11.9. The van der Waals surface area contributed by atoms with Crippen LogP contribution in [0.25, 0.3) is 0 Å². The van der Waals surface area contributed by atoms with E-state index in [9.17, 15) is 18.0 Å². The van der Waals surface area contributed by atoms with Gasteiger partial charge < -0.3 is 14.8 Å². The van der Waals surface area contributed by atoms with Crippen LogP contribution in [0.1, 0.15) is 33.6 Å². The molecule has 19 heavy (non-hydrogen) atoms. The summed E-state index contributed by atoms with van der Waals surface area (Å²) in [4.78, 5) is 11.8. The fraction of sp³-hybridized carbons (Fsp3) is 0.917. The highest BCUT2D eigenvalue weighted by molar-refractivity contribution is 5.80. The Kier molecular flexibility index (Phi) is 8.01. The molecule has 0 aromatic rings. The third kappa shape index (κ3) is 8.05. The number of alkyl halides is 3. The second kappa shape index (κ2) is 8.37. The molecular weight excluding hydrogens is 263 g/mol. The lowest BCUT2D eigenvalue weighted by atomic mass is 9.98. The first kappa shape index (κ1) is 18.2. The zero-order valence-electron chi connectivity index (χ0n) is 11.6. The topological polar surface area (TPSA) is 47.6 Å². The first-order chi connectivity index (χ1) is 8.75. The quantitative estimate of drug-likeness (QED) is 0.521. The van der Waals surface area contributed by atoms with Crippen molar-refractivity contribution in [2.45, 2.75) is 45.3 Å². The van der Waals surface area contributed by atoms with Gasteiger partial charge in [0, 0.05) is 6.61 Å². The van der Waals surface area contributed by atoms with Crippen LogP contribution >= 0.6 is 0 Å². The third-order valence-corrected chi connectivity index (χ3v) is 2.50. The van der Waals surface area contributed by atoms with E-state index in [1.165, 1.54) is 0 Å². The summed E-state index contributed by atoms with van der Waals surface area (Å²) in [5.41, 5.74) is -1.02. The monoisotopic (exact) mass is 285 g/mol. The Morgan fingerprint density at radius 2 is 1.89 bits per heavy atom. The lowest BCUT2D eigenvalue weighted by Gasteiger charge is -2.28. The molecule has 0 aliphatic carbocycles. The van der Waals surface area contributed by atoms with Crippen molar-refractivity contribution in [2.24, 2.45) is 0 Å². The largest absolute Gasteiger partial charge is 0.465 e. The summed E-state index contributed by atoms with van der Waals surface area (Å²) in [6, 6.07) is 0. The molecule has 0 aliphatic rings. The van der Waals surface area contributed by atoms with Gasteiger partial charge in [-0.2, -0.15) is 13.2 Å². The van der Waals surface area contributed by atoms with Crippen LogP contribution in [0, 0.1) is 0 Å². The minimum Gasteiger partial charge on any atom is -0.465 e. The van der Waals surface area contributed by atoms with Crippen molar-refractivity contribution in [1.82, 2.24) is 5.32 Å². The van der Waals surface area contributed by atoms with Crippen molar-refractivity contribution >= 4 is 5.97 Å². The standard InChI is InChI=1S/C12H22F3NO3/c1-4-7-16-11(3,10(17)19-5-2)6-8-18-9-12(13,14)15/h16H,4-9H2,1-3H3. The van der Waals surface area contributed by atoms with Gasteiger partial charge in [-0.25, -0.2) is 0 Å². The molecule has 0 aromatic heterocycles. The Morgan fingerprint density at radius 1 is 1.26 bits per heavy atom. The van der Waals surface area contributed by atoms with Crippen molar-refractivity contribution < 1.29 is 27.4 Å². The maximum atomic E-state index is 11.9. The first-order valence-electron chi connectivity index (χ1n) is 6.32. The zero-order chi connectivity index (χ0) is 14.9. The number of carbonyl (C=O) groups excluding carboxylic acids is 1. The maximum Gasteiger partial charge on any atom is 0.411 e. The molecule has 1 unspecified atom stereocenters. The molecule has 4 nitrogen and oxygen atoms in total. The normalized spacial score (nSPS) is 15.1. The smallest absolute Gasteiger partial charge is 0.411 e. The third-order valence-electron chi connectivity index (χ3n) is 2.50. The molecule has 0 radical (unpaired) electrons. The van der Waals surface area contributed by atoms with Crippen LogP contribution in [0.4, 0.5) is 13.2 Å². The lowest BCUT2D eigenvalue weighted by Crippen LogP contribution is -2.51. The molecule has 0 heterocycles. The summed E-state index contributed by atoms with van der Waals surface area (Å²) in [5.74, 6) is -0.473. The molecule has 0 spiro atoms. The molecule has 0 rings (SSSR count). The Labute approximate surface area is 111 Å². The highest BCUT2D eigenvalue weighted by Gasteiger charge is 2.34. The van der Waals surface area contributed by atoms with Gasteiger partial charge in [0.15, 0.2) is 0 Å². The molecular formula is C12H22F3NO3.